The van der Waals surface area contributed by atoms with Crippen molar-refractivity contribution in [1.82, 2.24) is 4.90 Å². The SMILES string of the molecule is C=CC(=O)O[C@H]1[C@H](C)O[C@@H](O[C@H]2[C@H](C)[C@@H](O[C@@H]3O[C@H](C)C[C@H](N(C)C)[C@H]3O)[C@](C)(O)C[C@@H](C)C(=NOCOC)[C@H](C)[C@@H](O)[C@](C)(O)[C@@H](CC)OC(=O)[C@@H]2C)C[C@@]1(C)OC. The van der Waals surface area contributed by atoms with Crippen molar-refractivity contribution in [1.29, 1.82) is 0 Å². The summed E-state index contributed by atoms with van der Waals surface area (Å²) in [6.45, 7) is 20.2. The Bertz CT molecular complexity index is 1410. The highest BCUT2D eigenvalue weighted by molar-refractivity contribution is 5.88. The lowest BCUT2D eigenvalue weighted by Crippen LogP contribution is -2.61. The molecule has 0 saturated carbocycles. The van der Waals surface area contributed by atoms with E-state index in [0.717, 1.165) is 6.08 Å². The minimum atomic E-state index is -1.97. The van der Waals surface area contributed by atoms with Gasteiger partial charge >= 0.3 is 11.9 Å². The van der Waals surface area contributed by atoms with Gasteiger partial charge in [0.15, 0.2) is 18.7 Å². The fraction of sp³-hybridized carbons (Fsp3) is 0.881. The standard InChI is InChI=1S/C42H74N2O15/c1-16-29-42(11,50)35(47)24(5)32(43-53-21-51-14)22(3)19-40(9,49)36(59-39-33(46)28(44(12)13)18-23(4)54-39)25(6)34(26(7)38(48)56-29)58-31-20-41(10,52-15)37(27(8)55-31)57-30(45)17-2/h17,22-29,31,33-37,39,46-47,49-50H,2,16,18-21H2,1,3-15H3/t22-,23-,24+,25+,26-,27+,28+,29-,31+,33-,34+,35-,36-,37+,39+,40-,41-,42-/m1/s1. The Balaban J connectivity index is 2.25. The van der Waals surface area contributed by atoms with E-state index in [2.05, 4.69) is 11.7 Å². The maximum atomic E-state index is 14.4. The van der Waals surface area contributed by atoms with Gasteiger partial charge in [0, 0.05) is 50.5 Å². The van der Waals surface area contributed by atoms with Gasteiger partial charge in [-0.3, -0.25) is 4.79 Å². The molecule has 0 radical (unpaired) electrons. The van der Waals surface area contributed by atoms with Crippen LogP contribution in [0.15, 0.2) is 17.8 Å². The van der Waals surface area contributed by atoms with Crippen LogP contribution in [0.3, 0.4) is 0 Å². The molecule has 0 aromatic heterocycles. The zero-order valence-electron chi connectivity index (χ0n) is 37.7. The number of aliphatic hydroxyl groups is 4. The third-order valence-electron chi connectivity index (χ3n) is 12.6. The number of cyclic esters (lactones) is 1. The Morgan fingerprint density at radius 1 is 0.983 bits per heavy atom. The number of ether oxygens (including phenoxy) is 8. The Kier molecular flexibility index (Phi) is 18.3. The first-order valence-electron chi connectivity index (χ1n) is 20.8. The van der Waals surface area contributed by atoms with E-state index in [1.165, 1.54) is 21.1 Å². The number of carbonyl (C=O) groups excluding carboxylic acids is 2. The molecule has 3 saturated heterocycles. The lowest BCUT2D eigenvalue weighted by atomic mass is 9.73. The van der Waals surface area contributed by atoms with Crippen LogP contribution in [0.4, 0.5) is 0 Å². The maximum absolute atomic E-state index is 14.4. The summed E-state index contributed by atoms with van der Waals surface area (Å²) in [5.74, 6) is -4.87. The molecule has 59 heavy (non-hydrogen) atoms. The van der Waals surface area contributed by atoms with Crippen molar-refractivity contribution in [3.63, 3.8) is 0 Å². The van der Waals surface area contributed by atoms with Crippen molar-refractivity contribution in [2.75, 3.05) is 35.1 Å². The third kappa shape index (κ3) is 12.0. The molecular formula is C42H74N2O15. The smallest absolute Gasteiger partial charge is 0.330 e. The summed E-state index contributed by atoms with van der Waals surface area (Å²) in [7, 11) is 6.62. The normalized spacial score (nSPS) is 45.0. The second kappa shape index (κ2) is 21.2. The molecule has 0 aromatic carbocycles. The molecule has 0 bridgehead atoms. The van der Waals surface area contributed by atoms with Crippen molar-refractivity contribution in [2.45, 2.75) is 179 Å². The van der Waals surface area contributed by atoms with Crippen LogP contribution >= 0.6 is 0 Å². The summed E-state index contributed by atoms with van der Waals surface area (Å²) in [6.07, 6.45) is -8.58. The summed E-state index contributed by atoms with van der Waals surface area (Å²) in [6, 6.07) is -0.341. The molecule has 342 valence electrons. The van der Waals surface area contributed by atoms with E-state index in [1.54, 1.807) is 55.4 Å². The molecule has 3 aliphatic heterocycles. The largest absolute Gasteiger partial charge is 0.459 e. The lowest BCUT2D eigenvalue weighted by Gasteiger charge is -2.49. The van der Waals surface area contributed by atoms with E-state index in [9.17, 15) is 30.0 Å². The number of nitrogens with zero attached hydrogens (tertiary/aromatic N) is 2. The second-order valence-electron chi connectivity index (χ2n) is 17.7. The molecule has 3 heterocycles. The summed E-state index contributed by atoms with van der Waals surface area (Å²) in [5, 5.41) is 52.5. The molecule has 17 nitrogen and oxygen atoms in total. The van der Waals surface area contributed by atoms with Crippen LogP contribution in [-0.2, 0) is 52.3 Å². The molecule has 0 aromatic rings. The minimum absolute atomic E-state index is 0.0380. The van der Waals surface area contributed by atoms with Gasteiger partial charge in [-0.1, -0.05) is 39.4 Å². The van der Waals surface area contributed by atoms with Crippen LogP contribution in [0, 0.1) is 23.7 Å². The van der Waals surface area contributed by atoms with Gasteiger partial charge in [-0.05, 0) is 74.9 Å². The summed E-state index contributed by atoms with van der Waals surface area (Å²) in [4.78, 5) is 34.0. The quantitative estimate of drug-likeness (QED) is 0.0731. The maximum Gasteiger partial charge on any atom is 0.330 e. The molecule has 17 heteroatoms. The van der Waals surface area contributed by atoms with Crippen molar-refractivity contribution >= 4 is 17.7 Å². The molecule has 4 N–H and O–H groups in total. The Morgan fingerprint density at radius 2 is 1.63 bits per heavy atom. The van der Waals surface area contributed by atoms with E-state index in [4.69, 9.17) is 42.7 Å². The molecule has 18 atom stereocenters. The van der Waals surface area contributed by atoms with Gasteiger partial charge in [0.25, 0.3) is 0 Å². The number of oxime groups is 1. The van der Waals surface area contributed by atoms with Crippen molar-refractivity contribution in [3.8, 4) is 0 Å². The van der Waals surface area contributed by atoms with Crippen molar-refractivity contribution in [2.24, 2.45) is 28.8 Å². The topological polar surface area (TPSA) is 214 Å². The summed E-state index contributed by atoms with van der Waals surface area (Å²) >= 11 is 0. The minimum Gasteiger partial charge on any atom is -0.459 e. The van der Waals surface area contributed by atoms with Crippen LogP contribution in [0.25, 0.3) is 0 Å². The van der Waals surface area contributed by atoms with Crippen LogP contribution in [0.2, 0.25) is 0 Å². The number of likely N-dealkylation sites (N-methyl/N-ethyl adjacent to an activating group) is 1. The molecule has 0 spiro atoms. The van der Waals surface area contributed by atoms with Crippen molar-refractivity contribution < 1.29 is 72.7 Å². The summed E-state index contributed by atoms with van der Waals surface area (Å²) in [5.41, 5.74) is -4.56. The van der Waals surface area contributed by atoms with Gasteiger partial charge in [-0.25, -0.2) is 4.79 Å². The van der Waals surface area contributed by atoms with E-state index in [1.807, 2.05) is 25.9 Å². The van der Waals surface area contributed by atoms with Crippen LogP contribution in [0.1, 0.15) is 94.9 Å². The number of esters is 2. The van der Waals surface area contributed by atoms with Gasteiger partial charge in [-0.15, -0.1) is 0 Å². The first-order chi connectivity index (χ1) is 27.4. The van der Waals surface area contributed by atoms with Crippen molar-refractivity contribution in [3.05, 3.63) is 12.7 Å². The second-order valence-corrected chi connectivity index (χ2v) is 17.7. The lowest BCUT2D eigenvalue weighted by molar-refractivity contribution is -0.318. The fourth-order valence-corrected chi connectivity index (χ4v) is 9.13. The first kappa shape index (κ1) is 51.1. The van der Waals surface area contributed by atoms with Crippen LogP contribution in [-0.4, -0.2) is 162 Å². The number of hydrogen-bond acceptors (Lipinski definition) is 17. The fourth-order valence-electron chi connectivity index (χ4n) is 9.13. The van der Waals surface area contributed by atoms with Crippen LogP contribution in [0.5, 0.6) is 0 Å². The molecular weight excluding hydrogens is 772 g/mol. The highest BCUT2D eigenvalue weighted by Gasteiger charge is 2.54. The zero-order chi connectivity index (χ0) is 44.8. The van der Waals surface area contributed by atoms with Gasteiger partial charge < -0.3 is 68.1 Å². The van der Waals surface area contributed by atoms with Crippen LogP contribution < -0.4 is 0 Å². The summed E-state index contributed by atoms with van der Waals surface area (Å²) < 4.78 is 48.8. The van der Waals surface area contributed by atoms with E-state index < -0.39 is 108 Å². The van der Waals surface area contributed by atoms with E-state index in [0.29, 0.717) is 12.1 Å². The Hall–Kier alpha value is -2.29. The predicted octanol–water partition coefficient (Wildman–Crippen LogP) is 2.93. The first-order valence-corrected chi connectivity index (χ1v) is 20.8. The highest BCUT2D eigenvalue weighted by Crippen LogP contribution is 2.41. The van der Waals surface area contributed by atoms with Gasteiger partial charge in [0.2, 0.25) is 6.79 Å². The highest BCUT2D eigenvalue weighted by atomic mass is 16.7. The molecule has 0 amide bonds. The van der Waals surface area contributed by atoms with Gasteiger partial charge in [-0.2, -0.15) is 0 Å². The van der Waals surface area contributed by atoms with Gasteiger partial charge in [0.1, 0.15) is 23.4 Å². The Morgan fingerprint density at radius 3 is 2.19 bits per heavy atom. The monoisotopic (exact) mass is 847 g/mol. The number of methoxy groups -OCH3 is 2. The number of aliphatic hydroxyl groups excluding tert-OH is 2. The number of rotatable bonds is 12. The van der Waals surface area contributed by atoms with E-state index in [-0.39, 0.29) is 38.2 Å². The molecule has 3 fully saturated rings. The molecule has 0 unspecified atom stereocenters. The van der Waals surface area contributed by atoms with E-state index >= 15 is 0 Å². The predicted molar refractivity (Wildman–Crippen MR) is 216 cm³/mol. The zero-order valence-corrected chi connectivity index (χ0v) is 37.7. The molecule has 3 rings (SSSR count). The average Bonchev–Trinajstić information content (AvgIpc) is 3.16. The molecule has 0 aliphatic carbocycles. The molecule has 3 aliphatic rings. The Labute approximate surface area is 350 Å². The average molecular weight is 847 g/mol. The van der Waals surface area contributed by atoms with Gasteiger partial charge in [0.05, 0.1) is 47.8 Å². The number of carbonyl (C=O) groups is 2. The number of hydrogen-bond donors (Lipinski definition) is 4. The third-order valence-corrected chi connectivity index (χ3v) is 12.6.